The van der Waals surface area contributed by atoms with Crippen molar-refractivity contribution in [2.45, 2.75) is 0 Å². The smallest absolute Gasteiger partial charge is 0.340 e. The molecule has 0 unspecified atom stereocenters. The predicted octanol–water partition coefficient (Wildman–Crippen LogP) is 2.76. The molecule has 0 heterocycles. The number of benzene rings is 2. The maximum atomic E-state index is 12.8. The van der Waals surface area contributed by atoms with Crippen LogP contribution in [0.2, 0.25) is 0 Å². The maximum absolute atomic E-state index is 12.8. The summed E-state index contributed by atoms with van der Waals surface area (Å²) in [6.45, 7) is 0. The van der Waals surface area contributed by atoms with Crippen molar-refractivity contribution in [2.75, 3.05) is 40.9 Å². The third-order valence-electron chi connectivity index (χ3n) is 3.83. The van der Waals surface area contributed by atoms with Crippen molar-refractivity contribution >= 4 is 17.6 Å². The molecule has 0 aliphatic heterocycles. The van der Waals surface area contributed by atoms with E-state index in [9.17, 15) is 9.59 Å². The van der Waals surface area contributed by atoms with Gasteiger partial charge in [-0.15, -0.1) is 0 Å². The Morgan fingerprint density at radius 2 is 1.37 bits per heavy atom. The average Bonchev–Trinajstić information content (AvgIpc) is 2.71. The minimum atomic E-state index is -0.635. The molecule has 2 aromatic carbocycles. The second kappa shape index (κ2) is 8.79. The first-order valence-electron chi connectivity index (χ1n) is 7.86. The van der Waals surface area contributed by atoms with Crippen LogP contribution in [0.4, 0.5) is 5.69 Å². The zero-order chi connectivity index (χ0) is 20.0. The Morgan fingerprint density at radius 3 is 1.93 bits per heavy atom. The van der Waals surface area contributed by atoms with Crippen LogP contribution < -0.4 is 24.3 Å². The summed E-state index contributed by atoms with van der Waals surface area (Å²) in [4.78, 5) is 24.9. The van der Waals surface area contributed by atoms with Crippen LogP contribution in [0, 0.1) is 0 Å². The van der Waals surface area contributed by atoms with Crippen molar-refractivity contribution in [1.82, 2.24) is 0 Å². The lowest BCUT2D eigenvalue weighted by molar-refractivity contribution is 0.0601. The molecule has 2 aromatic rings. The normalized spacial score (nSPS) is 9.96. The third-order valence-corrected chi connectivity index (χ3v) is 3.83. The molecule has 0 saturated heterocycles. The van der Waals surface area contributed by atoms with Crippen LogP contribution >= 0.6 is 0 Å². The molecule has 8 nitrogen and oxygen atoms in total. The van der Waals surface area contributed by atoms with Crippen molar-refractivity contribution in [3.63, 3.8) is 0 Å². The standard InChI is InChI=1S/C19H21NO7/c1-23-11-6-7-15(24-2)13(8-11)18(21)20-14-10-17(26-4)16(25-3)9-12(14)19(22)27-5/h6-10H,1-5H3,(H,20,21). The maximum Gasteiger partial charge on any atom is 0.340 e. The molecule has 0 fully saturated rings. The summed E-state index contributed by atoms with van der Waals surface area (Å²) in [5.74, 6) is 0.384. The van der Waals surface area contributed by atoms with E-state index in [2.05, 4.69) is 5.32 Å². The second-order valence-corrected chi connectivity index (χ2v) is 5.26. The molecule has 0 bridgehead atoms. The van der Waals surface area contributed by atoms with Gasteiger partial charge in [-0.2, -0.15) is 0 Å². The third kappa shape index (κ3) is 4.22. The molecule has 0 radical (unpaired) electrons. The summed E-state index contributed by atoms with van der Waals surface area (Å²) < 4.78 is 25.6. The Balaban J connectivity index is 2.49. The van der Waals surface area contributed by atoms with Gasteiger partial charge in [0.1, 0.15) is 11.5 Å². The van der Waals surface area contributed by atoms with Crippen LogP contribution in [-0.2, 0) is 4.74 Å². The van der Waals surface area contributed by atoms with Gasteiger partial charge in [-0.3, -0.25) is 4.79 Å². The molecule has 1 N–H and O–H groups in total. The van der Waals surface area contributed by atoms with Gasteiger partial charge in [0.15, 0.2) is 11.5 Å². The van der Waals surface area contributed by atoms with Crippen LogP contribution in [0.1, 0.15) is 20.7 Å². The van der Waals surface area contributed by atoms with Crippen molar-refractivity contribution in [3.8, 4) is 23.0 Å². The van der Waals surface area contributed by atoms with Gasteiger partial charge < -0.3 is 29.0 Å². The number of rotatable bonds is 7. The van der Waals surface area contributed by atoms with E-state index in [4.69, 9.17) is 23.7 Å². The number of carbonyl (C=O) groups excluding carboxylic acids is 2. The van der Waals surface area contributed by atoms with Crippen molar-refractivity contribution in [2.24, 2.45) is 0 Å². The van der Waals surface area contributed by atoms with Gasteiger partial charge in [0.05, 0.1) is 52.4 Å². The number of anilines is 1. The first-order chi connectivity index (χ1) is 13.0. The van der Waals surface area contributed by atoms with Gasteiger partial charge in [0.2, 0.25) is 0 Å². The highest BCUT2D eigenvalue weighted by Crippen LogP contribution is 2.34. The quantitative estimate of drug-likeness (QED) is 0.744. The molecule has 0 aromatic heterocycles. The van der Waals surface area contributed by atoms with E-state index < -0.39 is 11.9 Å². The summed E-state index contributed by atoms with van der Waals surface area (Å²) in [7, 11) is 7.09. The summed E-state index contributed by atoms with van der Waals surface area (Å²) in [5, 5.41) is 2.68. The molecule has 8 heteroatoms. The lowest BCUT2D eigenvalue weighted by Gasteiger charge is -2.15. The van der Waals surface area contributed by atoms with Gasteiger partial charge >= 0.3 is 5.97 Å². The largest absolute Gasteiger partial charge is 0.497 e. The molecule has 2 rings (SSSR count). The Morgan fingerprint density at radius 1 is 0.741 bits per heavy atom. The van der Waals surface area contributed by atoms with Gasteiger partial charge in [0.25, 0.3) is 5.91 Å². The molecular weight excluding hydrogens is 354 g/mol. The van der Waals surface area contributed by atoms with E-state index in [0.717, 1.165) is 0 Å². The lowest BCUT2D eigenvalue weighted by atomic mass is 10.1. The Hall–Kier alpha value is -3.42. The van der Waals surface area contributed by atoms with Gasteiger partial charge in [-0.1, -0.05) is 0 Å². The molecule has 0 saturated carbocycles. The van der Waals surface area contributed by atoms with Crippen LogP contribution in [0.25, 0.3) is 0 Å². The number of amides is 1. The number of hydrogen-bond acceptors (Lipinski definition) is 7. The molecule has 144 valence electrons. The minimum absolute atomic E-state index is 0.116. The summed E-state index contributed by atoms with van der Waals surface area (Å²) in [5.41, 5.74) is 0.558. The number of nitrogens with one attached hydrogen (secondary N) is 1. The van der Waals surface area contributed by atoms with E-state index in [1.54, 1.807) is 12.1 Å². The monoisotopic (exact) mass is 375 g/mol. The molecular formula is C19H21NO7. The molecule has 1 amide bonds. The molecule has 0 aliphatic carbocycles. The van der Waals surface area contributed by atoms with E-state index >= 15 is 0 Å². The first-order valence-corrected chi connectivity index (χ1v) is 7.86. The van der Waals surface area contributed by atoms with E-state index in [0.29, 0.717) is 23.0 Å². The highest BCUT2D eigenvalue weighted by atomic mass is 16.5. The Bertz CT molecular complexity index is 848. The SMILES string of the molecule is COC(=O)c1cc(OC)c(OC)cc1NC(=O)c1cc(OC)ccc1OC. The summed E-state index contributed by atoms with van der Waals surface area (Å²) in [6.07, 6.45) is 0. The second-order valence-electron chi connectivity index (χ2n) is 5.26. The highest BCUT2D eigenvalue weighted by Gasteiger charge is 2.21. The Kier molecular flexibility index (Phi) is 6.48. The van der Waals surface area contributed by atoms with Crippen molar-refractivity contribution in [1.29, 1.82) is 0 Å². The predicted molar refractivity (Wildman–Crippen MR) is 98.4 cm³/mol. The zero-order valence-corrected chi connectivity index (χ0v) is 15.7. The minimum Gasteiger partial charge on any atom is -0.497 e. The Labute approximate surface area is 156 Å². The summed E-state index contributed by atoms with van der Waals surface area (Å²) >= 11 is 0. The number of carbonyl (C=O) groups is 2. The molecule has 0 aliphatic rings. The summed E-state index contributed by atoms with van der Waals surface area (Å²) in [6, 6.07) is 7.74. The van der Waals surface area contributed by atoms with Crippen molar-refractivity contribution in [3.05, 3.63) is 41.5 Å². The van der Waals surface area contributed by atoms with E-state index in [1.165, 1.54) is 53.7 Å². The number of methoxy groups -OCH3 is 5. The van der Waals surface area contributed by atoms with E-state index in [-0.39, 0.29) is 16.8 Å². The topological polar surface area (TPSA) is 92.3 Å². The first kappa shape index (κ1) is 19.9. The van der Waals surface area contributed by atoms with Crippen LogP contribution in [0.15, 0.2) is 30.3 Å². The molecule has 0 atom stereocenters. The van der Waals surface area contributed by atoms with Gasteiger partial charge in [-0.05, 0) is 18.2 Å². The fourth-order valence-corrected chi connectivity index (χ4v) is 2.44. The van der Waals surface area contributed by atoms with Gasteiger partial charge in [-0.25, -0.2) is 4.79 Å². The molecule has 27 heavy (non-hydrogen) atoms. The van der Waals surface area contributed by atoms with Crippen LogP contribution in [-0.4, -0.2) is 47.4 Å². The van der Waals surface area contributed by atoms with E-state index in [1.807, 2.05) is 0 Å². The van der Waals surface area contributed by atoms with Gasteiger partial charge in [0, 0.05) is 12.1 Å². The number of ether oxygens (including phenoxy) is 5. The lowest BCUT2D eigenvalue weighted by Crippen LogP contribution is -2.17. The highest BCUT2D eigenvalue weighted by molar-refractivity contribution is 6.10. The average molecular weight is 375 g/mol. The number of hydrogen-bond donors (Lipinski definition) is 1. The fourth-order valence-electron chi connectivity index (χ4n) is 2.44. The number of esters is 1. The van der Waals surface area contributed by atoms with Crippen molar-refractivity contribution < 1.29 is 33.3 Å². The fraction of sp³-hybridized carbons (Fsp3) is 0.263. The molecule has 0 spiro atoms. The van der Waals surface area contributed by atoms with Crippen LogP contribution in [0.3, 0.4) is 0 Å². The van der Waals surface area contributed by atoms with Crippen LogP contribution in [0.5, 0.6) is 23.0 Å². The zero-order valence-electron chi connectivity index (χ0n) is 15.7.